The molecule has 1 heterocycles. The van der Waals surface area contributed by atoms with Crippen molar-refractivity contribution >= 4 is 16.8 Å². The number of amides is 1. The van der Waals surface area contributed by atoms with Gasteiger partial charge >= 0.3 is 0 Å². The number of fused-ring (bicyclic) bond motifs is 1. The van der Waals surface area contributed by atoms with E-state index in [1.54, 1.807) is 0 Å². The lowest BCUT2D eigenvalue weighted by atomic mass is 9.93. The smallest absolute Gasteiger partial charge is 0.251 e. The van der Waals surface area contributed by atoms with Gasteiger partial charge in [0, 0.05) is 41.8 Å². The van der Waals surface area contributed by atoms with Crippen molar-refractivity contribution < 1.29 is 9.18 Å². The number of benzene rings is 1. The fourth-order valence-corrected chi connectivity index (χ4v) is 2.66. The van der Waals surface area contributed by atoms with Gasteiger partial charge < -0.3 is 15.6 Å². The van der Waals surface area contributed by atoms with E-state index >= 15 is 0 Å². The minimum absolute atomic E-state index is 0.0225. The summed E-state index contributed by atoms with van der Waals surface area (Å²) in [5.74, 6) is -0.0225. The van der Waals surface area contributed by atoms with Gasteiger partial charge in [0.05, 0.1) is 6.33 Å². The van der Waals surface area contributed by atoms with E-state index in [0.717, 1.165) is 23.7 Å². The van der Waals surface area contributed by atoms with E-state index in [4.69, 9.17) is 5.73 Å². The highest BCUT2D eigenvalue weighted by Gasteiger charge is 2.20. The van der Waals surface area contributed by atoms with Crippen LogP contribution in [0.2, 0.25) is 0 Å². The van der Waals surface area contributed by atoms with Gasteiger partial charge in [0.25, 0.3) is 5.91 Å². The average molecular weight is 301 g/mol. The first-order valence-electron chi connectivity index (χ1n) is 7.59. The second-order valence-corrected chi connectivity index (χ2v) is 5.79. The van der Waals surface area contributed by atoms with Gasteiger partial charge in [-0.2, -0.15) is 0 Å². The van der Waals surface area contributed by atoms with Crippen molar-refractivity contribution in [3.63, 3.8) is 0 Å². The molecule has 0 bridgehead atoms. The predicted octanol–water partition coefficient (Wildman–Crippen LogP) is 2.74. The van der Waals surface area contributed by atoms with Gasteiger partial charge in [-0.15, -0.1) is 0 Å². The Labute approximate surface area is 128 Å². The van der Waals surface area contributed by atoms with Crippen molar-refractivity contribution in [3.05, 3.63) is 47.9 Å². The summed E-state index contributed by atoms with van der Waals surface area (Å²) in [5.41, 5.74) is 7.66. The van der Waals surface area contributed by atoms with Crippen LogP contribution in [0.3, 0.4) is 0 Å². The Morgan fingerprint density at radius 3 is 2.86 bits per heavy atom. The lowest BCUT2D eigenvalue weighted by molar-refractivity contribution is 0.0917. The van der Waals surface area contributed by atoms with E-state index < -0.39 is 0 Å². The molecule has 0 unspecified atom stereocenters. The molecule has 116 valence electrons. The van der Waals surface area contributed by atoms with Crippen molar-refractivity contribution in [1.82, 2.24) is 9.88 Å². The first kappa shape index (κ1) is 14.8. The molecule has 0 spiro atoms. The fraction of sp³-hybridized carbons (Fsp3) is 0.353. The molecule has 1 fully saturated rings. The summed E-state index contributed by atoms with van der Waals surface area (Å²) in [7, 11) is 0. The molecule has 0 aliphatic heterocycles. The number of nitrogens with zero attached hydrogens (tertiary/aromatic N) is 1. The van der Waals surface area contributed by atoms with Crippen molar-refractivity contribution in [2.75, 3.05) is 6.54 Å². The molecule has 5 heteroatoms. The number of halogens is 1. The fourth-order valence-electron chi connectivity index (χ4n) is 2.66. The van der Waals surface area contributed by atoms with E-state index in [1.807, 2.05) is 35.0 Å². The van der Waals surface area contributed by atoms with E-state index in [2.05, 4.69) is 5.32 Å². The van der Waals surface area contributed by atoms with Crippen molar-refractivity contribution in [2.45, 2.75) is 31.8 Å². The Hall–Kier alpha value is -2.14. The molecule has 3 rings (SSSR count). The summed E-state index contributed by atoms with van der Waals surface area (Å²) in [6.07, 6.45) is 5.78. The van der Waals surface area contributed by atoms with Gasteiger partial charge in [0.15, 0.2) is 0 Å². The van der Waals surface area contributed by atoms with Crippen LogP contribution in [0.5, 0.6) is 0 Å². The first-order valence-corrected chi connectivity index (χ1v) is 7.59. The molecule has 0 saturated heterocycles. The number of nitrogens with one attached hydrogen (secondary N) is 1. The zero-order valence-electron chi connectivity index (χ0n) is 12.4. The van der Waals surface area contributed by atoms with Crippen LogP contribution in [0.1, 0.15) is 29.6 Å². The molecule has 4 nitrogen and oxygen atoms in total. The molecule has 1 aromatic heterocycles. The molecule has 1 saturated carbocycles. The van der Waals surface area contributed by atoms with Gasteiger partial charge in [0.2, 0.25) is 0 Å². The summed E-state index contributed by atoms with van der Waals surface area (Å²) < 4.78 is 14.6. The number of carbonyl (C=O) groups is 1. The molecule has 22 heavy (non-hydrogen) atoms. The highest BCUT2D eigenvalue weighted by atomic mass is 19.1. The largest absolute Gasteiger partial charge is 0.349 e. The normalized spacial score (nSPS) is 15.8. The summed E-state index contributed by atoms with van der Waals surface area (Å²) in [6.45, 7) is 0.613. The maximum atomic E-state index is 12.7. The predicted molar refractivity (Wildman–Crippen MR) is 85.3 cm³/mol. The Balaban J connectivity index is 1.80. The summed E-state index contributed by atoms with van der Waals surface area (Å²) in [5, 5.41) is 4.00. The molecule has 1 aliphatic rings. The molecule has 0 radical (unpaired) electrons. The van der Waals surface area contributed by atoms with Crippen LogP contribution in [0.25, 0.3) is 10.9 Å². The molecule has 1 aromatic carbocycles. The molecule has 2 aromatic rings. The zero-order chi connectivity index (χ0) is 15.5. The third-order valence-electron chi connectivity index (χ3n) is 4.26. The molecule has 1 aliphatic carbocycles. The second kappa shape index (κ2) is 6.32. The molecular formula is C17H20FN3O. The Morgan fingerprint density at radius 2 is 2.23 bits per heavy atom. The van der Waals surface area contributed by atoms with E-state index in [0.29, 0.717) is 30.1 Å². The highest BCUT2D eigenvalue weighted by molar-refractivity contribution is 5.98. The van der Waals surface area contributed by atoms with E-state index in [9.17, 15) is 9.18 Å². The van der Waals surface area contributed by atoms with Crippen molar-refractivity contribution in [1.29, 1.82) is 0 Å². The standard InChI is InChI=1S/C17H20FN3O/c18-9-12(10-19)11-21-7-6-13-8-14(4-5-16(13)21)17(22)20-15-2-1-3-15/h4-9,15H,1-3,10-11,19H2,(H,20,22)/b12-9+. The van der Waals surface area contributed by atoms with Crippen LogP contribution in [0, 0.1) is 0 Å². The van der Waals surface area contributed by atoms with Crippen LogP contribution < -0.4 is 11.1 Å². The molecule has 1 amide bonds. The van der Waals surface area contributed by atoms with Crippen LogP contribution in [0.4, 0.5) is 4.39 Å². The number of carbonyl (C=O) groups excluding carboxylic acids is 1. The monoisotopic (exact) mass is 301 g/mol. The number of hydrogen-bond acceptors (Lipinski definition) is 2. The third-order valence-corrected chi connectivity index (χ3v) is 4.26. The Morgan fingerprint density at radius 1 is 1.41 bits per heavy atom. The van der Waals surface area contributed by atoms with Gasteiger partial charge in [-0.3, -0.25) is 4.79 Å². The van der Waals surface area contributed by atoms with Gasteiger partial charge in [0.1, 0.15) is 0 Å². The lowest BCUT2D eigenvalue weighted by Crippen LogP contribution is -2.39. The zero-order valence-corrected chi connectivity index (χ0v) is 12.4. The van der Waals surface area contributed by atoms with E-state index in [-0.39, 0.29) is 12.5 Å². The SMILES string of the molecule is NC/C(=C\F)Cn1ccc2cc(C(=O)NC3CCC3)ccc21. The quantitative estimate of drug-likeness (QED) is 0.892. The number of rotatable bonds is 5. The lowest BCUT2D eigenvalue weighted by Gasteiger charge is -2.26. The van der Waals surface area contributed by atoms with Gasteiger partial charge in [-0.1, -0.05) is 0 Å². The third kappa shape index (κ3) is 2.90. The maximum absolute atomic E-state index is 12.7. The first-order chi connectivity index (χ1) is 10.7. The van der Waals surface area contributed by atoms with Crippen LogP contribution >= 0.6 is 0 Å². The minimum Gasteiger partial charge on any atom is -0.349 e. The van der Waals surface area contributed by atoms with Crippen LogP contribution in [0.15, 0.2) is 42.4 Å². The summed E-state index contributed by atoms with van der Waals surface area (Å²) in [4.78, 5) is 12.2. The van der Waals surface area contributed by atoms with Crippen molar-refractivity contribution in [3.8, 4) is 0 Å². The minimum atomic E-state index is -0.0225. The van der Waals surface area contributed by atoms with Crippen LogP contribution in [-0.4, -0.2) is 23.1 Å². The molecule has 3 N–H and O–H groups in total. The van der Waals surface area contributed by atoms with Crippen molar-refractivity contribution in [2.24, 2.45) is 5.73 Å². The summed E-state index contributed by atoms with van der Waals surface area (Å²) in [6, 6.07) is 7.85. The summed E-state index contributed by atoms with van der Waals surface area (Å²) >= 11 is 0. The van der Waals surface area contributed by atoms with E-state index in [1.165, 1.54) is 6.42 Å². The number of hydrogen-bond donors (Lipinski definition) is 2. The molecule has 0 atom stereocenters. The Bertz CT molecular complexity index is 716. The average Bonchev–Trinajstić information content (AvgIpc) is 2.90. The topological polar surface area (TPSA) is 60.0 Å². The molecular weight excluding hydrogens is 281 g/mol. The van der Waals surface area contributed by atoms with Crippen LogP contribution in [-0.2, 0) is 6.54 Å². The number of aromatic nitrogens is 1. The van der Waals surface area contributed by atoms with Gasteiger partial charge in [-0.25, -0.2) is 4.39 Å². The van der Waals surface area contributed by atoms with Gasteiger partial charge in [-0.05, 0) is 49.1 Å². The maximum Gasteiger partial charge on any atom is 0.251 e. The number of nitrogens with two attached hydrogens (primary N) is 1. The Kier molecular flexibility index (Phi) is 4.24. The highest BCUT2D eigenvalue weighted by Crippen LogP contribution is 2.21. The second-order valence-electron chi connectivity index (χ2n) is 5.79.